The van der Waals surface area contributed by atoms with Gasteiger partial charge >= 0.3 is 12.1 Å². The summed E-state index contributed by atoms with van der Waals surface area (Å²) >= 11 is 0. The number of carbonyl (C=O) groups excluding carboxylic acids is 2. The molecule has 0 aromatic heterocycles. The zero-order valence-electron chi connectivity index (χ0n) is 28.1. The Kier molecular flexibility index (Phi) is 12.9. The molecule has 1 fully saturated rings. The topological polar surface area (TPSA) is 182 Å². The molecule has 2 aromatic carbocycles. The van der Waals surface area contributed by atoms with Crippen LogP contribution < -0.4 is 30.3 Å². The molecule has 1 amide bonds. The van der Waals surface area contributed by atoms with Gasteiger partial charge in [-0.25, -0.2) is 15.0 Å². The van der Waals surface area contributed by atoms with E-state index in [0.717, 1.165) is 74.0 Å². The van der Waals surface area contributed by atoms with Gasteiger partial charge in [0.25, 0.3) is 0 Å². The lowest BCUT2D eigenvalue weighted by Crippen LogP contribution is -2.43. The van der Waals surface area contributed by atoms with E-state index in [1.54, 1.807) is 14.2 Å². The van der Waals surface area contributed by atoms with Crippen molar-refractivity contribution in [1.29, 1.82) is 0 Å². The Bertz CT molecular complexity index is 1490. The number of aryl methyl sites for hydroxylation is 1. The Morgan fingerprint density at radius 1 is 1.06 bits per heavy atom. The largest absolute Gasteiger partial charge is 0.492 e. The second kappa shape index (κ2) is 17.7. The van der Waals surface area contributed by atoms with Crippen LogP contribution in [0.1, 0.15) is 61.1 Å². The number of amides is 1. The number of nitrogens with one attached hydrogen (secondary N) is 3. The minimum atomic E-state index is -1.25. The first-order valence-electron chi connectivity index (χ1n) is 16.9. The zero-order valence-corrected chi connectivity index (χ0v) is 28.1. The molecule has 0 bridgehead atoms. The van der Waals surface area contributed by atoms with Gasteiger partial charge in [-0.05, 0) is 55.2 Å². The summed E-state index contributed by atoms with van der Waals surface area (Å²) in [5, 5.41) is 29.5. The number of hydrogen-bond donors (Lipinski definition) is 5. The Morgan fingerprint density at radius 2 is 1.86 bits per heavy atom. The van der Waals surface area contributed by atoms with Gasteiger partial charge in [-0.15, -0.1) is 0 Å². The van der Waals surface area contributed by atoms with E-state index in [4.69, 9.17) is 33.9 Å². The molecule has 5 N–H and O–H groups in total. The van der Waals surface area contributed by atoms with Gasteiger partial charge in [0.2, 0.25) is 11.7 Å². The van der Waals surface area contributed by atoms with Crippen LogP contribution in [0.3, 0.4) is 0 Å². The molecule has 0 radical (unpaired) electrons. The number of guanidine groups is 1. The fourth-order valence-electron chi connectivity index (χ4n) is 6.60. The van der Waals surface area contributed by atoms with E-state index in [0.29, 0.717) is 23.2 Å². The monoisotopic (exact) mass is 681 g/mol. The van der Waals surface area contributed by atoms with Crippen LogP contribution in [0.2, 0.25) is 0 Å². The van der Waals surface area contributed by atoms with Crippen LogP contribution in [0.4, 0.5) is 4.79 Å². The van der Waals surface area contributed by atoms with Crippen molar-refractivity contribution in [2.24, 2.45) is 16.0 Å². The summed E-state index contributed by atoms with van der Waals surface area (Å²) in [5.41, 5.74) is 7.24. The van der Waals surface area contributed by atoms with Crippen molar-refractivity contribution < 1.29 is 43.5 Å². The molecule has 4 atom stereocenters. The first kappa shape index (κ1) is 35.7. The van der Waals surface area contributed by atoms with E-state index in [2.05, 4.69) is 21.1 Å². The van der Waals surface area contributed by atoms with Crippen molar-refractivity contribution in [3.63, 3.8) is 0 Å². The second-order valence-corrected chi connectivity index (χ2v) is 12.2. The lowest BCUT2D eigenvalue weighted by molar-refractivity contribution is -0.150. The molecular weight excluding hydrogens is 634 g/mol. The molecule has 14 heteroatoms. The molecule has 14 nitrogen and oxygen atoms in total. The number of aliphatic hydroxyl groups excluding tert-OH is 2. The average molecular weight is 682 g/mol. The number of alkyl carbamates (subject to hydrolysis) is 1. The fourth-order valence-corrected chi connectivity index (χ4v) is 6.60. The molecule has 1 saturated carbocycles. The molecule has 0 spiro atoms. The number of esters is 1. The predicted octanol–water partition coefficient (Wildman–Crippen LogP) is 2.79. The quantitative estimate of drug-likeness (QED) is 0.146. The highest BCUT2D eigenvalue weighted by Gasteiger charge is 2.39. The first-order valence-corrected chi connectivity index (χ1v) is 16.9. The van der Waals surface area contributed by atoms with Crippen LogP contribution in [-0.2, 0) is 27.3 Å². The number of aliphatic hydroxyl groups is 2. The summed E-state index contributed by atoms with van der Waals surface area (Å²) in [6, 6.07) is 9.95. The molecule has 3 aliphatic rings. The van der Waals surface area contributed by atoms with Crippen LogP contribution in [0.5, 0.6) is 17.2 Å². The van der Waals surface area contributed by atoms with Gasteiger partial charge in [-0.1, -0.05) is 36.8 Å². The molecule has 2 aliphatic carbocycles. The van der Waals surface area contributed by atoms with Crippen LogP contribution >= 0.6 is 0 Å². The van der Waals surface area contributed by atoms with Gasteiger partial charge in [-0.3, -0.25) is 4.99 Å². The average Bonchev–Trinajstić information content (AvgIpc) is 3.56. The number of aliphatic imine (C=N–C) groups is 1. The van der Waals surface area contributed by atoms with Gasteiger partial charge in [0.05, 0.1) is 27.4 Å². The third kappa shape index (κ3) is 9.33. The molecule has 1 heterocycles. The predicted molar refractivity (Wildman–Crippen MR) is 181 cm³/mol. The van der Waals surface area contributed by atoms with E-state index < -0.39 is 37.4 Å². The Balaban J connectivity index is 1.30. The summed E-state index contributed by atoms with van der Waals surface area (Å²) in [4.78, 5) is 30.1. The number of benzene rings is 2. The van der Waals surface area contributed by atoms with Crippen molar-refractivity contribution in [2.45, 2.75) is 69.6 Å². The first-order chi connectivity index (χ1) is 23.9. The summed E-state index contributed by atoms with van der Waals surface area (Å²) in [6.07, 6.45) is 3.53. The summed E-state index contributed by atoms with van der Waals surface area (Å²) in [6.45, 7) is 0.647. The maximum absolute atomic E-state index is 12.9. The van der Waals surface area contributed by atoms with Crippen molar-refractivity contribution in [3.8, 4) is 17.2 Å². The maximum atomic E-state index is 12.9. The lowest BCUT2D eigenvalue weighted by Gasteiger charge is -2.25. The molecule has 266 valence electrons. The van der Waals surface area contributed by atoms with Gasteiger partial charge in [0.15, 0.2) is 11.5 Å². The Labute approximate surface area is 286 Å². The molecule has 1 aliphatic heterocycles. The van der Waals surface area contributed by atoms with Crippen molar-refractivity contribution in [2.75, 3.05) is 47.1 Å². The lowest BCUT2D eigenvalue weighted by atomic mass is 9.85. The molecule has 4 unspecified atom stereocenters. The highest BCUT2D eigenvalue weighted by atomic mass is 16.6. The third-order valence-corrected chi connectivity index (χ3v) is 8.98. The number of fused-ring (bicyclic) bond motifs is 3. The molecule has 0 saturated heterocycles. The second-order valence-electron chi connectivity index (χ2n) is 12.2. The fraction of sp³-hybridized carbons (Fsp3) is 0.543. The smallest absolute Gasteiger partial charge is 0.408 e. The third-order valence-electron chi connectivity index (χ3n) is 8.98. The summed E-state index contributed by atoms with van der Waals surface area (Å²) in [7, 11) is 3.18. The maximum Gasteiger partial charge on any atom is 0.408 e. The van der Waals surface area contributed by atoms with E-state index in [9.17, 15) is 14.7 Å². The molecule has 49 heavy (non-hydrogen) atoms. The zero-order chi connectivity index (χ0) is 34.6. The van der Waals surface area contributed by atoms with E-state index >= 15 is 0 Å². The minimum absolute atomic E-state index is 0.00260. The van der Waals surface area contributed by atoms with Gasteiger partial charge in [0, 0.05) is 36.7 Å². The van der Waals surface area contributed by atoms with Crippen LogP contribution in [-0.4, -0.2) is 93.2 Å². The highest BCUT2D eigenvalue weighted by Crippen LogP contribution is 2.53. The molecular formula is C35H47N5O9. The van der Waals surface area contributed by atoms with Crippen LogP contribution in [0.25, 0.3) is 0 Å². The number of hydrazone groups is 1. The van der Waals surface area contributed by atoms with Gasteiger partial charge in [-0.2, -0.15) is 5.10 Å². The number of nitrogens with zero attached hydrogens (tertiary/aromatic N) is 2. The number of ether oxygens (including phenoxy) is 5. The van der Waals surface area contributed by atoms with E-state index in [-0.39, 0.29) is 31.5 Å². The van der Waals surface area contributed by atoms with E-state index in [1.165, 1.54) is 0 Å². The van der Waals surface area contributed by atoms with Crippen LogP contribution in [0.15, 0.2) is 46.5 Å². The summed E-state index contributed by atoms with van der Waals surface area (Å²) in [5.74, 6) is 1.88. The Hall–Kier alpha value is -4.56. The molecule has 5 rings (SSSR count). The van der Waals surface area contributed by atoms with Crippen molar-refractivity contribution >= 4 is 23.7 Å². The summed E-state index contributed by atoms with van der Waals surface area (Å²) < 4.78 is 28.5. The number of methoxy groups -OCH3 is 2. The standard InChI is InChI=1S/C35H47N5O9/c1-45-31-29(47-17-14-28(33(43)48-21-24(42)19-41)38-35(44)49-20-22-8-4-3-5-9-22)18-23-12-13-27(39-40-34-36-15-7-16-37-34)25-10-6-11-26(25)30(23)32(31)46-2/h3-5,8-9,18,24-26,28,41-42H,6-7,10-17,19-21H2,1-2H3,(H,38,44)(H2,36,37,40). The van der Waals surface area contributed by atoms with Crippen molar-refractivity contribution in [1.82, 2.24) is 16.1 Å². The SMILES string of the molecule is COc1c(OCCC(NC(=O)OCc2ccccc2)C(=O)OCC(O)CO)cc2c(c1OC)C1CCCC1C(=NNC1=NCCCN1)CC2. The van der Waals surface area contributed by atoms with Crippen LogP contribution in [0, 0.1) is 5.92 Å². The number of rotatable bonds is 14. The minimum Gasteiger partial charge on any atom is -0.492 e. The Morgan fingerprint density at radius 3 is 2.59 bits per heavy atom. The van der Waals surface area contributed by atoms with Gasteiger partial charge < -0.3 is 44.5 Å². The van der Waals surface area contributed by atoms with Gasteiger partial charge in [0.1, 0.15) is 25.4 Å². The van der Waals surface area contributed by atoms with Crippen molar-refractivity contribution in [3.05, 3.63) is 53.1 Å². The normalized spacial score (nSPS) is 20.3. The number of hydrogen-bond acceptors (Lipinski definition) is 13. The molecule has 2 aromatic rings. The number of carbonyl (C=O) groups is 2. The van der Waals surface area contributed by atoms with E-state index in [1.807, 2.05) is 36.4 Å². The highest BCUT2D eigenvalue weighted by molar-refractivity contribution is 5.91.